The number of halogens is 1. The lowest BCUT2D eigenvalue weighted by molar-refractivity contribution is 0.578. The zero-order valence-corrected chi connectivity index (χ0v) is 11.8. The van der Waals surface area contributed by atoms with Crippen LogP contribution in [0.25, 0.3) is 0 Å². The highest BCUT2D eigenvalue weighted by Gasteiger charge is 2.15. The molecule has 0 saturated heterocycles. The molecular weight excluding hydrogens is 266 g/mol. The molecule has 1 aromatic heterocycles. The summed E-state index contributed by atoms with van der Waals surface area (Å²) in [6.45, 7) is 4.26. The van der Waals surface area contributed by atoms with Gasteiger partial charge in [-0.3, -0.25) is 0 Å². The van der Waals surface area contributed by atoms with Gasteiger partial charge in [0.05, 0.1) is 0 Å². The van der Waals surface area contributed by atoms with E-state index in [1.54, 1.807) is 12.1 Å². The first-order valence-corrected chi connectivity index (χ1v) is 7.89. The Morgan fingerprint density at radius 1 is 1.50 bits per heavy atom. The van der Waals surface area contributed by atoms with Gasteiger partial charge in [0.2, 0.25) is 10.0 Å². The third kappa shape index (κ3) is 4.05. The molecule has 0 amide bonds. The number of aryl methyl sites for hydroxylation is 1. The van der Waals surface area contributed by atoms with E-state index in [0.29, 0.717) is 17.2 Å². The molecule has 0 saturated carbocycles. The van der Waals surface area contributed by atoms with E-state index in [1.807, 2.05) is 13.8 Å². The van der Waals surface area contributed by atoms with Gasteiger partial charge in [-0.25, -0.2) is 13.1 Å². The first kappa shape index (κ1) is 14.0. The summed E-state index contributed by atoms with van der Waals surface area (Å²) in [5.41, 5.74) is 0. The molecule has 3 nitrogen and oxygen atoms in total. The zero-order valence-electron chi connectivity index (χ0n) is 9.36. The fourth-order valence-electron chi connectivity index (χ4n) is 1.18. The maximum Gasteiger partial charge on any atom is 0.250 e. The standard InChI is InChI=1S/C10H16ClNO2S2/c1-3-9(11)6-7-12-16(13,14)10-5-4-8(2)15-10/h4-5,9,12H,3,6-7H2,1-2H3. The summed E-state index contributed by atoms with van der Waals surface area (Å²) in [4.78, 5) is 0.990. The molecule has 6 heteroatoms. The van der Waals surface area contributed by atoms with E-state index in [2.05, 4.69) is 4.72 Å². The van der Waals surface area contributed by atoms with Gasteiger partial charge >= 0.3 is 0 Å². The van der Waals surface area contributed by atoms with Crippen molar-refractivity contribution < 1.29 is 8.42 Å². The molecule has 0 aromatic carbocycles. The van der Waals surface area contributed by atoms with Crippen LogP contribution >= 0.6 is 22.9 Å². The van der Waals surface area contributed by atoms with Gasteiger partial charge in [0.1, 0.15) is 4.21 Å². The van der Waals surface area contributed by atoms with Gasteiger partial charge < -0.3 is 0 Å². The normalized spacial score (nSPS) is 13.9. The van der Waals surface area contributed by atoms with Gasteiger partial charge in [0, 0.05) is 16.8 Å². The summed E-state index contributed by atoms with van der Waals surface area (Å²) >= 11 is 7.19. The van der Waals surface area contributed by atoms with E-state index >= 15 is 0 Å². The van der Waals surface area contributed by atoms with Gasteiger partial charge in [-0.2, -0.15) is 0 Å². The molecule has 92 valence electrons. The maximum absolute atomic E-state index is 11.8. The van der Waals surface area contributed by atoms with Gasteiger partial charge in [0.25, 0.3) is 0 Å². The predicted molar refractivity (Wildman–Crippen MR) is 68.8 cm³/mol. The SMILES string of the molecule is CCC(Cl)CCNS(=O)(=O)c1ccc(C)s1. The lowest BCUT2D eigenvalue weighted by Crippen LogP contribution is -2.25. The van der Waals surface area contributed by atoms with Crippen molar-refractivity contribution in [1.29, 1.82) is 0 Å². The molecule has 0 bridgehead atoms. The summed E-state index contributed by atoms with van der Waals surface area (Å²) in [6, 6.07) is 3.43. The highest BCUT2D eigenvalue weighted by molar-refractivity contribution is 7.91. The first-order chi connectivity index (χ1) is 7.45. The first-order valence-electron chi connectivity index (χ1n) is 5.16. The molecule has 0 aliphatic carbocycles. The Morgan fingerprint density at radius 2 is 2.19 bits per heavy atom. The molecular formula is C10H16ClNO2S2. The van der Waals surface area contributed by atoms with E-state index in [0.717, 1.165) is 11.3 Å². The predicted octanol–water partition coefficient (Wildman–Crippen LogP) is 2.74. The lowest BCUT2D eigenvalue weighted by atomic mass is 10.2. The van der Waals surface area contributed by atoms with E-state index in [9.17, 15) is 8.42 Å². The quantitative estimate of drug-likeness (QED) is 0.815. The second-order valence-corrected chi connectivity index (χ2v) is 7.46. The summed E-state index contributed by atoms with van der Waals surface area (Å²) in [5.74, 6) is 0. The number of hydrogen-bond donors (Lipinski definition) is 1. The van der Waals surface area contributed by atoms with Crippen LogP contribution in [0.3, 0.4) is 0 Å². The monoisotopic (exact) mass is 281 g/mol. The Kier molecular flexibility index (Phi) is 5.24. The van der Waals surface area contributed by atoms with Gasteiger partial charge in [-0.05, 0) is 31.9 Å². The third-order valence-corrected chi connectivity index (χ3v) is 5.65. The van der Waals surface area contributed by atoms with E-state index in [4.69, 9.17) is 11.6 Å². The topological polar surface area (TPSA) is 46.2 Å². The van der Waals surface area contributed by atoms with Crippen molar-refractivity contribution in [2.75, 3.05) is 6.54 Å². The average molecular weight is 282 g/mol. The van der Waals surface area contributed by atoms with Crippen LogP contribution in [0.4, 0.5) is 0 Å². The minimum absolute atomic E-state index is 0.0350. The van der Waals surface area contributed by atoms with Crippen molar-refractivity contribution in [3.05, 3.63) is 17.0 Å². The number of sulfonamides is 1. The van der Waals surface area contributed by atoms with E-state index in [1.165, 1.54) is 11.3 Å². The lowest BCUT2D eigenvalue weighted by Gasteiger charge is -2.07. The molecule has 0 radical (unpaired) electrons. The summed E-state index contributed by atoms with van der Waals surface area (Å²) in [6.07, 6.45) is 1.50. The minimum atomic E-state index is -3.33. The van der Waals surface area contributed by atoms with Gasteiger partial charge in [-0.15, -0.1) is 22.9 Å². The molecule has 1 N–H and O–H groups in total. The minimum Gasteiger partial charge on any atom is -0.210 e. The zero-order chi connectivity index (χ0) is 12.2. The van der Waals surface area contributed by atoms with Crippen LogP contribution in [0, 0.1) is 6.92 Å². The Balaban J connectivity index is 2.53. The third-order valence-electron chi connectivity index (χ3n) is 2.17. The van der Waals surface area contributed by atoms with Crippen LogP contribution in [0.5, 0.6) is 0 Å². The fraction of sp³-hybridized carbons (Fsp3) is 0.600. The largest absolute Gasteiger partial charge is 0.250 e. The number of hydrogen-bond acceptors (Lipinski definition) is 3. The van der Waals surface area contributed by atoms with E-state index in [-0.39, 0.29) is 5.38 Å². The van der Waals surface area contributed by atoms with Crippen LogP contribution in [0.1, 0.15) is 24.6 Å². The molecule has 1 atom stereocenters. The van der Waals surface area contributed by atoms with Crippen molar-refractivity contribution in [2.45, 2.75) is 36.3 Å². The Labute approximate surface area is 106 Å². The Bertz CT molecular complexity index is 428. The molecule has 0 spiro atoms. The molecule has 16 heavy (non-hydrogen) atoms. The second-order valence-electron chi connectivity index (χ2n) is 3.56. The fourth-order valence-corrected chi connectivity index (χ4v) is 3.67. The van der Waals surface area contributed by atoms with Crippen LogP contribution in [0.15, 0.2) is 16.3 Å². The highest BCUT2D eigenvalue weighted by atomic mass is 35.5. The van der Waals surface area contributed by atoms with Crippen LogP contribution in [0.2, 0.25) is 0 Å². The Morgan fingerprint density at radius 3 is 2.69 bits per heavy atom. The van der Waals surface area contributed by atoms with Crippen LogP contribution < -0.4 is 4.72 Å². The molecule has 1 rings (SSSR count). The molecule has 1 heterocycles. The van der Waals surface area contributed by atoms with Gasteiger partial charge in [-0.1, -0.05) is 6.92 Å². The van der Waals surface area contributed by atoms with Crippen LogP contribution in [-0.4, -0.2) is 20.3 Å². The molecule has 0 aliphatic heterocycles. The molecule has 1 aromatic rings. The number of rotatable bonds is 6. The average Bonchev–Trinajstić information content (AvgIpc) is 2.65. The maximum atomic E-state index is 11.8. The van der Waals surface area contributed by atoms with Crippen molar-refractivity contribution >= 4 is 33.0 Å². The van der Waals surface area contributed by atoms with Crippen LogP contribution in [-0.2, 0) is 10.0 Å². The van der Waals surface area contributed by atoms with E-state index < -0.39 is 10.0 Å². The van der Waals surface area contributed by atoms with Crippen molar-refractivity contribution in [3.63, 3.8) is 0 Å². The summed E-state index contributed by atoms with van der Waals surface area (Å²) in [7, 11) is -3.33. The molecule has 1 unspecified atom stereocenters. The molecule has 0 fully saturated rings. The smallest absolute Gasteiger partial charge is 0.210 e. The number of thiophene rings is 1. The van der Waals surface area contributed by atoms with Gasteiger partial charge in [0.15, 0.2) is 0 Å². The van der Waals surface area contributed by atoms with Crippen molar-refractivity contribution in [1.82, 2.24) is 4.72 Å². The summed E-state index contributed by atoms with van der Waals surface area (Å²) in [5, 5.41) is 0.0350. The number of nitrogens with one attached hydrogen (secondary N) is 1. The van der Waals surface area contributed by atoms with Crippen molar-refractivity contribution in [3.8, 4) is 0 Å². The highest BCUT2D eigenvalue weighted by Crippen LogP contribution is 2.20. The second kappa shape index (κ2) is 6.00. The van der Waals surface area contributed by atoms with Crippen molar-refractivity contribution in [2.24, 2.45) is 0 Å². The molecule has 0 aliphatic rings. The number of alkyl halides is 1. The Hall–Kier alpha value is -0.100. The summed E-state index contributed by atoms with van der Waals surface area (Å²) < 4.78 is 26.5.